The van der Waals surface area contributed by atoms with Crippen LogP contribution in [0.1, 0.15) is 29.4 Å². The lowest BCUT2D eigenvalue weighted by atomic mass is 9.99. The molecule has 6 rings (SSSR count). The van der Waals surface area contributed by atoms with E-state index in [2.05, 4.69) is 21.2 Å². The monoisotopic (exact) mass is 441 g/mol. The van der Waals surface area contributed by atoms with Gasteiger partial charge in [0.25, 0.3) is 0 Å². The first kappa shape index (κ1) is 19.7. The Balaban J connectivity index is 1.67. The fourth-order valence-electron chi connectivity index (χ4n) is 4.79. The molecule has 0 bridgehead atoms. The van der Waals surface area contributed by atoms with Gasteiger partial charge in [0.05, 0.1) is 41.7 Å². The van der Waals surface area contributed by atoms with E-state index in [1.54, 1.807) is 7.11 Å². The highest BCUT2D eigenvalue weighted by molar-refractivity contribution is 6.14. The Morgan fingerprint density at radius 3 is 2.76 bits per heavy atom. The molecule has 1 aromatic carbocycles. The van der Waals surface area contributed by atoms with Crippen LogP contribution in [0.15, 0.2) is 28.9 Å². The van der Waals surface area contributed by atoms with Crippen LogP contribution in [-0.2, 0) is 6.42 Å². The smallest absolute Gasteiger partial charge is 0.150 e. The molecule has 0 radical (unpaired) electrons. The van der Waals surface area contributed by atoms with Crippen molar-refractivity contribution >= 4 is 21.9 Å². The number of fused-ring (bicyclic) bond motifs is 4. The fraction of sp³-hybridized carbons (Fsp3) is 0.280. The molecule has 5 heterocycles. The summed E-state index contributed by atoms with van der Waals surface area (Å²) in [6.45, 7) is 6.42. The Bertz CT molecular complexity index is 1530. The van der Waals surface area contributed by atoms with Crippen LogP contribution in [0.5, 0.6) is 11.5 Å². The van der Waals surface area contributed by atoms with Crippen LogP contribution in [0, 0.1) is 20.8 Å². The van der Waals surface area contributed by atoms with Crippen LogP contribution in [0.25, 0.3) is 44.3 Å². The maximum absolute atomic E-state index is 6.05. The highest BCUT2D eigenvalue weighted by atomic mass is 16.5. The number of rotatable bonds is 3. The Morgan fingerprint density at radius 2 is 1.97 bits per heavy atom. The molecule has 0 amide bonds. The zero-order chi connectivity index (χ0) is 22.7. The molecule has 1 aliphatic heterocycles. The molecule has 0 saturated heterocycles. The van der Waals surface area contributed by atoms with Gasteiger partial charge in [-0.05, 0) is 51.8 Å². The van der Waals surface area contributed by atoms with E-state index >= 15 is 0 Å². The van der Waals surface area contributed by atoms with Gasteiger partial charge < -0.3 is 19.0 Å². The van der Waals surface area contributed by atoms with Crippen LogP contribution in [-0.4, -0.2) is 38.8 Å². The number of nitrogens with zero attached hydrogens (tertiary/aromatic N) is 4. The van der Waals surface area contributed by atoms with Crippen molar-refractivity contribution in [1.82, 2.24) is 25.1 Å². The van der Waals surface area contributed by atoms with Crippen molar-refractivity contribution in [3.05, 3.63) is 47.4 Å². The van der Waals surface area contributed by atoms with E-state index in [1.807, 2.05) is 39.1 Å². The molecule has 4 aromatic heterocycles. The molecular weight excluding hydrogens is 418 g/mol. The Labute approximate surface area is 190 Å². The van der Waals surface area contributed by atoms with Gasteiger partial charge in [-0.3, -0.25) is 4.98 Å². The van der Waals surface area contributed by atoms with Crippen LogP contribution >= 0.6 is 0 Å². The summed E-state index contributed by atoms with van der Waals surface area (Å²) < 4.78 is 17.3. The highest BCUT2D eigenvalue weighted by Gasteiger charge is 2.24. The summed E-state index contributed by atoms with van der Waals surface area (Å²) in [4.78, 5) is 17.6. The zero-order valence-electron chi connectivity index (χ0n) is 18.9. The van der Waals surface area contributed by atoms with Crippen LogP contribution in [0.2, 0.25) is 0 Å². The molecule has 0 aliphatic carbocycles. The number of pyridine rings is 1. The summed E-state index contributed by atoms with van der Waals surface area (Å²) in [6, 6.07) is 6.08. The minimum absolute atomic E-state index is 0.682. The minimum atomic E-state index is 0.682. The van der Waals surface area contributed by atoms with Crippen molar-refractivity contribution in [3.8, 4) is 33.9 Å². The largest absolute Gasteiger partial charge is 0.496 e. The molecule has 1 N–H and O–H groups in total. The maximum Gasteiger partial charge on any atom is 0.150 e. The van der Waals surface area contributed by atoms with Crippen LogP contribution in [0.3, 0.4) is 0 Å². The summed E-state index contributed by atoms with van der Waals surface area (Å²) in [5.41, 5.74) is 7.12. The summed E-state index contributed by atoms with van der Waals surface area (Å²) >= 11 is 0. The summed E-state index contributed by atoms with van der Waals surface area (Å²) in [5, 5.41) is 6.03. The normalized spacial score (nSPS) is 13.3. The molecule has 0 unspecified atom stereocenters. The number of aromatic amines is 1. The van der Waals surface area contributed by atoms with Crippen molar-refractivity contribution in [1.29, 1.82) is 0 Å². The Kier molecular flexibility index (Phi) is 4.36. The lowest BCUT2D eigenvalue weighted by Gasteiger charge is -2.19. The van der Waals surface area contributed by atoms with Crippen molar-refractivity contribution in [3.63, 3.8) is 0 Å². The van der Waals surface area contributed by atoms with Crippen molar-refractivity contribution in [2.45, 2.75) is 33.6 Å². The summed E-state index contributed by atoms with van der Waals surface area (Å²) in [6.07, 6.45) is 3.70. The molecule has 1 aliphatic rings. The van der Waals surface area contributed by atoms with E-state index < -0.39 is 0 Å². The van der Waals surface area contributed by atoms with E-state index in [-0.39, 0.29) is 0 Å². The molecule has 166 valence electrons. The van der Waals surface area contributed by atoms with Gasteiger partial charge in [0.2, 0.25) is 0 Å². The predicted octanol–water partition coefficient (Wildman–Crippen LogP) is 5.09. The van der Waals surface area contributed by atoms with Gasteiger partial charge in [-0.1, -0.05) is 5.16 Å². The second-order valence-corrected chi connectivity index (χ2v) is 8.35. The van der Waals surface area contributed by atoms with E-state index in [4.69, 9.17) is 24.0 Å². The third kappa shape index (κ3) is 2.97. The Morgan fingerprint density at radius 1 is 1.09 bits per heavy atom. The topological polar surface area (TPSA) is 99.0 Å². The first-order valence-corrected chi connectivity index (χ1v) is 11.0. The second kappa shape index (κ2) is 7.30. The third-order valence-electron chi connectivity index (χ3n) is 6.22. The molecule has 0 spiro atoms. The molecule has 0 atom stereocenters. The number of methoxy groups -OCH3 is 1. The molecule has 0 saturated carbocycles. The van der Waals surface area contributed by atoms with E-state index in [0.717, 1.165) is 85.8 Å². The number of ether oxygens (including phenoxy) is 2. The minimum Gasteiger partial charge on any atom is -0.496 e. The van der Waals surface area contributed by atoms with Crippen molar-refractivity contribution in [2.75, 3.05) is 13.7 Å². The summed E-state index contributed by atoms with van der Waals surface area (Å²) in [5.74, 6) is 2.98. The number of hydrogen-bond donors (Lipinski definition) is 1. The molecule has 33 heavy (non-hydrogen) atoms. The number of hydrogen-bond acceptors (Lipinski definition) is 7. The van der Waals surface area contributed by atoms with Crippen LogP contribution < -0.4 is 9.47 Å². The molecule has 5 aromatic rings. The SMILES string of the molecule is COc1cc2c(cc1-c1c(C)noc1C)[nH]c1nc(C)nc(-c3ccnc4c3OCCC4)c12. The van der Waals surface area contributed by atoms with Gasteiger partial charge in [0, 0.05) is 28.2 Å². The van der Waals surface area contributed by atoms with E-state index in [0.29, 0.717) is 12.4 Å². The van der Waals surface area contributed by atoms with Crippen molar-refractivity contribution < 1.29 is 14.0 Å². The number of aryl methyl sites for hydroxylation is 4. The standard InChI is InChI=1S/C25H23N5O3/c1-12-21(13(2)33-30-12)17-10-19-16(11-20(17)31-4)22-23(27-14(3)28-25(22)29-19)15-7-8-26-18-6-5-9-32-24(15)18/h7-8,10-11H,5-6,9H2,1-4H3,(H,27,28,29). The average molecular weight is 441 g/mol. The molecule has 8 heteroatoms. The van der Waals surface area contributed by atoms with Gasteiger partial charge >= 0.3 is 0 Å². The number of H-pyrrole nitrogens is 1. The quantitative estimate of drug-likeness (QED) is 0.416. The predicted molar refractivity (Wildman–Crippen MR) is 125 cm³/mol. The summed E-state index contributed by atoms with van der Waals surface area (Å²) in [7, 11) is 1.67. The number of nitrogens with one attached hydrogen (secondary N) is 1. The highest BCUT2D eigenvalue weighted by Crippen LogP contribution is 2.43. The molecular formula is C25H23N5O3. The first-order valence-electron chi connectivity index (χ1n) is 11.0. The van der Waals surface area contributed by atoms with Gasteiger partial charge in [-0.25, -0.2) is 9.97 Å². The lowest BCUT2D eigenvalue weighted by molar-refractivity contribution is 0.286. The van der Waals surface area contributed by atoms with Crippen molar-refractivity contribution in [2.24, 2.45) is 0 Å². The number of aromatic nitrogens is 5. The second-order valence-electron chi connectivity index (χ2n) is 8.35. The van der Waals surface area contributed by atoms with Gasteiger partial charge in [0.15, 0.2) is 0 Å². The fourth-order valence-corrected chi connectivity index (χ4v) is 4.79. The van der Waals surface area contributed by atoms with Gasteiger partial charge in [0.1, 0.15) is 28.7 Å². The average Bonchev–Trinajstić information content (AvgIpc) is 3.35. The number of benzene rings is 1. The molecule has 8 nitrogen and oxygen atoms in total. The van der Waals surface area contributed by atoms with Gasteiger partial charge in [-0.2, -0.15) is 0 Å². The third-order valence-corrected chi connectivity index (χ3v) is 6.22. The van der Waals surface area contributed by atoms with Crippen LogP contribution in [0.4, 0.5) is 0 Å². The zero-order valence-corrected chi connectivity index (χ0v) is 18.9. The van der Waals surface area contributed by atoms with E-state index in [1.165, 1.54) is 0 Å². The Hall–Kier alpha value is -3.94. The van der Waals surface area contributed by atoms with E-state index in [9.17, 15) is 0 Å². The van der Waals surface area contributed by atoms with Gasteiger partial charge in [-0.15, -0.1) is 0 Å². The first-order chi connectivity index (χ1) is 16.0. The maximum atomic E-state index is 6.05. The lowest BCUT2D eigenvalue weighted by Crippen LogP contribution is -2.11. The molecule has 0 fully saturated rings.